The number of ether oxygens (including phenoxy) is 1. The van der Waals surface area contributed by atoms with Gasteiger partial charge in [-0.05, 0) is 19.9 Å². The van der Waals surface area contributed by atoms with Crippen LogP contribution in [0, 0.1) is 0 Å². The molecule has 0 aromatic carbocycles. The van der Waals surface area contributed by atoms with Crippen molar-refractivity contribution in [3.8, 4) is 5.19 Å². The van der Waals surface area contributed by atoms with Gasteiger partial charge in [-0.1, -0.05) is 32.8 Å². The van der Waals surface area contributed by atoms with Crippen LogP contribution >= 0.6 is 27.3 Å². The van der Waals surface area contributed by atoms with Gasteiger partial charge in [0.15, 0.2) is 0 Å². The van der Waals surface area contributed by atoms with Gasteiger partial charge >= 0.3 is 0 Å². The quantitative estimate of drug-likeness (QED) is 0.779. The molecule has 0 aliphatic rings. The average molecular weight is 262 g/mol. The Morgan fingerprint density at radius 1 is 1.77 bits per heavy atom. The van der Waals surface area contributed by atoms with Gasteiger partial charge in [-0.3, -0.25) is 0 Å². The molecule has 1 atom stereocenters. The highest BCUT2D eigenvalue weighted by Crippen LogP contribution is 2.23. The molecule has 72 valence electrons. The van der Waals surface area contributed by atoms with Crippen molar-refractivity contribution in [1.29, 1.82) is 0 Å². The summed E-state index contributed by atoms with van der Waals surface area (Å²) in [6.45, 7) is 4.19. The maximum absolute atomic E-state index is 5.00. The summed E-state index contributed by atoms with van der Waals surface area (Å²) in [6.07, 6.45) is 3.93. The van der Waals surface area contributed by atoms with Gasteiger partial charge in [0, 0.05) is 11.0 Å². The van der Waals surface area contributed by atoms with E-state index in [2.05, 4.69) is 40.8 Å². The Labute approximate surface area is 90.8 Å². The number of aromatic nitrogens is 1. The van der Waals surface area contributed by atoms with Crippen LogP contribution in [0.2, 0.25) is 0 Å². The van der Waals surface area contributed by atoms with Crippen LogP contribution in [0.25, 0.3) is 6.08 Å². The third kappa shape index (κ3) is 3.12. The molecule has 1 unspecified atom stereocenters. The van der Waals surface area contributed by atoms with Crippen LogP contribution < -0.4 is 4.74 Å². The summed E-state index contributed by atoms with van der Waals surface area (Å²) >= 11 is 5.05. The minimum Gasteiger partial charge on any atom is -0.473 e. The van der Waals surface area contributed by atoms with E-state index in [0.29, 0.717) is 10.0 Å². The van der Waals surface area contributed by atoms with E-state index in [1.165, 1.54) is 5.57 Å². The maximum Gasteiger partial charge on any atom is 0.273 e. The topological polar surface area (TPSA) is 22.1 Å². The summed E-state index contributed by atoms with van der Waals surface area (Å²) in [5, 5.41) is 0.710. The van der Waals surface area contributed by atoms with Crippen molar-refractivity contribution in [2.24, 2.45) is 0 Å². The van der Waals surface area contributed by atoms with Crippen LogP contribution in [0.15, 0.2) is 11.8 Å². The summed E-state index contributed by atoms with van der Waals surface area (Å²) in [4.78, 5) is 5.61. The molecule has 1 rings (SSSR count). The Kier molecular flexibility index (Phi) is 3.93. The number of methoxy groups -OCH3 is 1. The summed E-state index contributed by atoms with van der Waals surface area (Å²) in [5.41, 5.74) is 1.28. The average Bonchev–Trinajstić information content (AvgIpc) is 2.52. The van der Waals surface area contributed by atoms with E-state index in [1.54, 1.807) is 18.4 Å². The lowest BCUT2D eigenvalue weighted by Gasteiger charge is -2.00. The third-order valence-corrected chi connectivity index (χ3v) is 3.30. The van der Waals surface area contributed by atoms with Gasteiger partial charge in [0.05, 0.1) is 12.0 Å². The highest BCUT2D eigenvalue weighted by molar-refractivity contribution is 9.09. The van der Waals surface area contributed by atoms with Crippen molar-refractivity contribution in [2.75, 3.05) is 7.11 Å². The van der Waals surface area contributed by atoms with Gasteiger partial charge in [0.25, 0.3) is 5.19 Å². The van der Waals surface area contributed by atoms with Gasteiger partial charge < -0.3 is 4.74 Å². The zero-order valence-corrected chi connectivity index (χ0v) is 10.3. The second-order valence-electron chi connectivity index (χ2n) is 2.74. The lowest BCUT2D eigenvalue weighted by molar-refractivity contribution is 0.412. The lowest BCUT2D eigenvalue weighted by atomic mass is 10.2. The molecule has 0 aliphatic carbocycles. The molecule has 0 aliphatic heterocycles. The third-order valence-electron chi connectivity index (χ3n) is 1.67. The van der Waals surface area contributed by atoms with Crippen LogP contribution in [-0.4, -0.2) is 16.9 Å². The van der Waals surface area contributed by atoms with Crippen molar-refractivity contribution in [2.45, 2.75) is 18.7 Å². The summed E-state index contributed by atoms with van der Waals surface area (Å²) in [7, 11) is 1.63. The molecule has 0 spiro atoms. The zero-order chi connectivity index (χ0) is 9.84. The first kappa shape index (κ1) is 10.7. The number of hydrogen-bond acceptors (Lipinski definition) is 3. The van der Waals surface area contributed by atoms with Crippen molar-refractivity contribution >= 4 is 33.3 Å². The van der Waals surface area contributed by atoms with Gasteiger partial charge in [0.1, 0.15) is 0 Å². The molecule has 0 fully saturated rings. The van der Waals surface area contributed by atoms with E-state index in [9.17, 15) is 0 Å². The van der Waals surface area contributed by atoms with Crippen molar-refractivity contribution in [3.63, 3.8) is 0 Å². The van der Waals surface area contributed by atoms with Crippen LogP contribution in [0.4, 0.5) is 0 Å². The molecule has 0 amide bonds. The molecule has 1 aromatic rings. The summed E-state index contributed by atoms with van der Waals surface area (Å²) < 4.78 is 5.00. The fourth-order valence-electron chi connectivity index (χ4n) is 0.770. The molecule has 4 heteroatoms. The number of rotatable bonds is 3. The first-order valence-corrected chi connectivity index (χ1v) is 5.68. The second kappa shape index (κ2) is 4.77. The minimum atomic E-state index is 0.403. The monoisotopic (exact) mass is 261 g/mol. The molecular formula is C9H12BrNOS. The Morgan fingerprint density at radius 2 is 2.46 bits per heavy atom. The standard InChI is InChI=1S/C9H12BrNOS/c1-6(7(2)10)4-8-5-11-9(12-3)13-8/h4-5,7H,1-3H3/b6-4-. The molecule has 0 saturated carbocycles. The molecular weight excluding hydrogens is 250 g/mol. The highest BCUT2D eigenvalue weighted by atomic mass is 79.9. The Hall–Kier alpha value is -0.350. The normalized spacial score (nSPS) is 14.3. The van der Waals surface area contributed by atoms with E-state index in [1.807, 2.05) is 6.20 Å². The van der Waals surface area contributed by atoms with Crippen LogP contribution in [0.5, 0.6) is 5.19 Å². The number of allylic oxidation sites excluding steroid dienone is 1. The lowest BCUT2D eigenvalue weighted by Crippen LogP contribution is -1.89. The van der Waals surface area contributed by atoms with Crippen molar-refractivity contribution in [1.82, 2.24) is 4.98 Å². The number of halogens is 1. The van der Waals surface area contributed by atoms with E-state index in [0.717, 1.165) is 4.88 Å². The molecule has 0 bridgehead atoms. The first-order chi connectivity index (χ1) is 6.13. The molecule has 0 radical (unpaired) electrons. The SMILES string of the molecule is COc1ncc(/C=C(/C)C(C)Br)s1. The predicted molar refractivity (Wildman–Crippen MR) is 60.7 cm³/mol. The maximum atomic E-state index is 5.00. The molecule has 0 saturated heterocycles. The predicted octanol–water partition coefficient (Wildman–Crippen LogP) is 3.34. The van der Waals surface area contributed by atoms with Gasteiger partial charge in [-0.2, -0.15) is 0 Å². The first-order valence-electron chi connectivity index (χ1n) is 3.95. The van der Waals surface area contributed by atoms with Crippen LogP contribution in [0.3, 0.4) is 0 Å². The van der Waals surface area contributed by atoms with E-state index in [4.69, 9.17) is 4.74 Å². The summed E-state index contributed by atoms with van der Waals surface area (Å²) in [6, 6.07) is 0. The Morgan fingerprint density at radius 3 is 2.92 bits per heavy atom. The second-order valence-corrected chi connectivity index (χ2v) is 5.14. The smallest absolute Gasteiger partial charge is 0.273 e. The van der Waals surface area contributed by atoms with E-state index >= 15 is 0 Å². The minimum absolute atomic E-state index is 0.403. The number of thiazole rings is 1. The van der Waals surface area contributed by atoms with Gasteiger partial charge in [-0.25, -0.2) is 4.98 Å². The fraction of sp³-hybridized carbons (Fsp3) is 0.444. The molecule has 1 aromatic heterocycles. The molecule has 0 N–H and O–H groups in total. The fourth-order valence-corrected chi connectivity index (χ4v) is 1.64. The van der Waals surface area contributed by atoms with E-state index in [-0.39, 0.29) is 0 Å². The van der Waals surface area contributed by atoms with Crippen LogP contribution in [-0.2, 0) is 0 Å². The Balaban J connectivity index is 2.79. The largest absolute Gasteiger partial charge is 0.473 e. The van der Waals surface area contributed by atoms with Crippen LogP contribution in [0.1, 0.15) is 18.7 Å². The zero-order valence-electron chi connectivity index (χ0n) is 7.87. The van der Waals surface area contributed by atoms with Crippen molar-refractivity contribution in [3.05, 3.63) is 16.6 Å². The molecule has 2 nitrogen and oxygen atoms in total. The Bertz CT molecular complexity index is 306. The molecule has 13 heavy (non-hydrogen) atoms. The van der Waals surface area contributed by atoms with Crippen molar-refractivity contribution < 1.29 is 4.74 Å². The highest BCUT2D eigenvalue weighted by Gasteiger charge is 2.02. The number of alkyl halides is 1. The number of hydrogen-bond donors (Lipinski definition) is 0. The summed E-state index contributed by atoms with van der Waals surface area (Å²) in [5.74, 6) is 0. The molecule has 1 heterocycles. The number of nitrogens with zero attached hydrogens (tertiary/aromatic N) is 1. The van der Waals surface area contributed by atoms with E-state index < -0.39 is 0 Å². The van der Waals surface area contributed by atoms with Gasteiger partial charge in [0.2, 0.25) is 0 Å². The van der Waals surface area contributed by atoms with Gasteiger partial charge in [-0.15, -0.1) is 0 Å².